The van der Waals surface area contributed by atoms with Gasteiger partial charge in [0.15, 0.2) is 6.29 Å². The Morgan fingerprint density at radius 1 is 0.542 bits per heavy atom. The number of carbonyl (C=O) groups is 1. The first-order valence-electron chi connectivity index (χ1n) is 24.9. The molecule has 0 aromatic heterocycles. The molecule has 1 heterocycles. The smallest absolute Gasteiger partial charge is 0.306 e. The average Bonchev–Trinajstić information content (AvgIpc) is 3.24. The molecule has 6 unspecified atom stereocenters. The first kappa shape index (κ1) is 55.7. The molecule has 0 radical (unpaired) electrons. The Morgan fingerprint density at radius 3 is 1.47 bits per heavy atom. The van der Waals surface area contributed by atoms with Crippen molar-refractivity contribution < 1.29 is 44.2 Å². The predicted octanol–water partition coefficient (Wildman–Crippen LogP) is 11.8. The number of esters is 1. The van der Waals surface area contributed by atoms with Crippen LogP contribution < -0.4 is 0 Å². The zero-order valence-electron chi connectivity index (χ0n) is 38.3. The Kier molecular flexibility index (Phi) is 39.6. The third-order valence-corrected chi connectivity index (χ3v) is 11.6. The van der Waals surface area contributed by atoms with Crippen LogP contribution in [0.1, 0.15) is 226 Å². The molecule has 0 aromatic carbocycles. The number of carbonyl (C=O) groups excluding carboxylic acids is 1. The van der Waals surface area contributed by atoms with Gasteiger partial charge in [0, 0.05) is 13.0 Å². The van der Waals surface area contributed by atoms with Crippen molar-refractivity contribution in [1.82, 2.24) is 0 Å². The molecule has 0 amide bonds. The first-order chi connectivity index (χ1) is 28.9. The van der Waals surface area contributed by atoms with Crippen LogP contribution in [-0.2, 0) is 23.7 Å². The second-order valence-electron chi connectivity index (χ2n) is 17.3. The third kappa shape index (κ3) is 33.0. The summed E-state index contributed by atoms with van der Waals surface area (Å²) in [5.74, 6) is -0.313. The molecule has 9 nitrogen and oxygen atoms in total. The molecular weight excluding hydrogens is 745 g/mol. The molecule has 1 aliphatic rings. The maximum atomic E-state index is 12.8. The highest BCUT2D eigenvalue weighted by Gasteiger charge is 2.44. The van der Waals surface area contributed by atoms with Gasteiger partial charge in [0.2, 0.25) is 0 Å². The summed E-state index contributed by atoms with van der Waals surface area (Å²) in [5, 5.41) is 40.2. The van der Waals surface area contributed by atoms with Crippen molar-refractivity contribution in [3.8, 4) is 0 Å². The second-order valence-corrected chi connectivity index (χ2v) is 17.3. The predicted molar refractivity (Wildman–Crippen MR) is 242 cm³/mol. The van der Waals surface area contributed by atoms with E-state index < -0.39 is 43.4 Å². The van der Waals surface area contributed by atoms with Gasteiger partial charge in [0.1, 0.15) is 30.5 Å². The number of allylic oxidation sites excluding steroid dienone is 4. The molecule has 0 spiro atoms. The summed E-state index contributed by atoms with van der Waals surface area (Å²) >= 11 is 0. The summed E-state index contributed by atoms with van der Waals surface area (Å²) in [6.07, 6.45) is 42.0. The van der Waals surface area contributed by atoms with E-state index in [2.05, 4.69) is 38.2 Å². The lowest BCUT2D eigenvalue weighted by Gasteiger charge is -2.39. The highest BCUT2D eigenvalue weighted by molar-refractivity contribution is 5.69. The maximum absolute atomic E-state index is 12.8. The molecular formula is C50H94O9. The minimum atomic E-state index is -1.54. The fourth-order valence-corrected chi connectivity index (χ4v) is 7.70. The quantitative estimate of drug-likeness (QED) is 0.0269. The highest BCUT2D eigenvalue weighted by Crippen LogP contribution is 2.23. The summed E-state index contributed by atoms with van der Waals surface area (Å²) in [5.41, 5.74) is 0. The summed E-state index contributed by atoms with van der Waals surface area (Å²) in [6, 6.07) is 0. The number of hydrogen-bond donors (Lipinski definition) is 4. The monoisotopic (exact) mass is 839 g/mol. The van der Waals surface area contributed by atoms with E-state index in [0.717, 1.165) is 51.4 Å². The lowest BCUT2D eigenvalue weighted by Crippen LogP contribution is -2.59. The van der Waals surface area contributed by atoms with Crippen LogP contribution in [0.5, 0.6) is 0 Å². The van der Waals surface area contributed by atoms with E-state index in [1.54, 1.807) is 0 Å². The van der Waals surface area contributed by atoms with Crippen LogP contribution in [0.25, 0.3) is 0 Å². The molecule has 9 heteroatoms. The highest BCUT2D eigenvalue weighted by atomic mass is 16.7. The molecule has 4 N–H and O–H groups in total. The number of aliphatic hydroxyl groups is 4. The van der Waals surface area contributed by atoms with Gasteiger partial charge in [-0.3, -0.25) is 4.79 Å². The Labute approximate surface area is 362 Å². The number of hydrogen-bond acceptors (Lipinski definition) is 9. The van der Waals surface area contributed by atoms with E-state index in [-0.39, 0.29) is 19.2 Å². The minimum absolute atomic E-state index is 0.114. The molecule has 1 fully saturated rings. The van der Waals surface area contributed by atoms with Crippen LogP contribution >= 0.6 is 0 Å². The normalized spacial score (nSPS) is 20.3. The second kappa shape index (κ2) is 42.0. The molecule has 1 saturated heterocycles. The summed E-state index contributed by atoms with van der Waals surface area (Å²) in [4.78, 5) is 12.8. The van der Waals surface area contributed by atoms with Crippen LogP contribution in [0.2, 0.25) is 0 Å². The van der Waals surface area contributed by atoms with E-state index in [0.29, 0.717) is 13.0 Å². The summed E-state index contributed by atoms with van der Waals surface area (Å²) < 4.78 is 22.9. The van der Waals surface area contributed by atoms with Crippen LogP contribution in [-0.4, -0.2) is 89.6 Å². The largest absolute Gasteiger partial charge is 0.457 e. The fraction of sp³-hybridized carbons (Fsp3) is 0.900. The number of aliphatic hydroxyl groups excluding tert-OH is 4. The Balaban J connectivity index is 2.22. The molecule has 0 saturated carbocycles. The lowest BCUT2D eigenvalue weighted by molar-refractivity contribution is -0.305. The van der Waals surface area contributed by atoms with Crippen LogP contribution in [0.4, 0.5) is 0 Å². The fourth-order valence-electron chi connectivity index (χ4n) is 7.70. The topological polar surface area (TPSA) is 135 Å². The van der Waals surface area contributed by atoms with Gasteiger partial charge < -0.3 is 39.4 Å². The molecule has 1 rings (SSSR count). The van der Waals surface area contributed by atoms with Crippen molar-refractivity contribution in [2.24, 2.45) is 0 Å². The van der Waals surface area contributed by atoms with Gasteiger partial charge in [-0.05, 0) is 44.9 Å². The summed E-state index contributed by atoms with van der Waals surface area (Å²) in [6.45, 7) is 4.56. The Bertz CT molecular complexity index is 957. The summed E-state index contributed by atoms with van der Waals surface area (Å²) in [7, 11) is 0. The number of rotatable bonds is 43. The van der Waals surface area contributed by atoms with Gasteiger partial charge >= 0.3 is 5.97 Å². The Hall–Kier alpha value is -1.33. The molecule has 6 atom stereocenters. The molecule has 0 aromatic rings. The third-order valence-electron chi connectivity index (χ3n) is 11.6. The van der Waals surface area contributed by atoms with E-state index in [4.69, 9.17) is 18.9 Å². The molecule has 348 valence electrons. The average molecular weight is 839 g/mol. The van der Waals surface area contributed by atoms with Crippen LogP contribution in [0, 0.1) is 0 Å². The van der Waals surface area contributed by atoms with E-state index in [9.17, 15) is 25.2 Å². The van der Waals surface area contributed by atoms with Crippen molar-refractivity contribution in [3.63, 3.8) is 0 Å². The van der Waals surface area contributed by atoms with Gasteiger partial charge in [-0.25, -0.2) is 0 Å². The van der Waals surface area contributed by atoms with E-state index in [1.807, 2.05) is 0 Å². The van der Waals surface area contributed by atoms with Gasteiger partial charge in [-0.15, -0.1) is 0 Å². The van der Waals surface area contributed by atoms with Gasteiger partial charge in [-0.2, -0.15) is 0 Å². The van der Waals surface area contributed by atoms with Crippen molar-refractivity contribution in [3.05, 3.63) is 24.3 Å². The standard InChI is InChI=1S/C50H94O9/c1-3-5-7-9-11-13-15-17-19-21-22-23-25-27-29-31-33-35-37-39-46(52)58-44(43-57-50-49(55)48(54)47(53)45(41-51)59-50)42-56-40-38-36-34-32-30-28-26-24-20-18-16-14-12-10-8-6-4-2/h14,16,20,24,44-45,47-51,53-55H,3-13,15,17-19,21-23,25-43H2,1-2H3/b16-14-,24-20-. The Morgan fingerprint density at radius 2 is 0.983 bits per heavy atom. The molecule has 59 heavy (non-hydrogen) atoms. The van der Waals surface area contributed by atoms with Crippen molar-refractivity contribution in [2.45, 2.75) is 263 Å². The maximum Gasteiger partial charge on any atom is 0.306 e. The van der Waals surface area contributed by atoms with Crippen LogP contribution in [0.15, 0.2) is 24.3 Å². The first-order valence-corrected chi connectivity index (χ1v) is 24.9. The zero-order chi connectivity index (χ0) is 42.9. The van der Waals surface area contributed by atoms with E-state index in [1.165, 1.54) is 154 Å². The lowest BCUT2D eigenvalue weighted by atomic mass is 9.99. The van der Waals surface area contributed by atoms with E-state index >= 15 is 0 Å². The SMILES string of the molecule is CCCCCC/C=C\C/C=C\CCCCCCCCOCC(COC1OC(CO)C(O)C(O)C1O)OC(=O)CCCCCCCCCCCCCCCCCCCCC. The molecule has 0 bridgehead atoms. The zero-order valence-corrected chi connectivity index (χ0v) is 38.3. The molecule has 0 aliphatic carbocycles. The van der Waals surface area contributed by atoms with Crippen molar-refractivity contribution in [2.75, 3.05) is 26.4 Å². The number of unbranched alkanes of at least 4 members (excludes halogenated alkanes) is 28. The molecule has 1 aliphatic heterocycles. The number of ether oxygens (including phenoxy) is 4. The van der Waals surface area contributed by atoms with Gasteiger partial charge in [0.05, 0.1) is 19.8 Å². The van der Waals surface area contributed by atoms with Gasteiger partial charge in [0.25, 0.3) is 0 Å². The van der Waals surface area contributed by atoms with Crippen molar-refractivity contribution >= 4 is 5.97 Å². The van der Waals surface area contributed by atoms with Crippen molar-refractivity contribution in [1.29, 1.82) is 0 Å². The minimum Gasteiger partial charge on any atom is -0.457 e. The van der Waals surface area contributed by atoms with Gasteiger partial charge in [-0.1, -0.05) is 199 Å². The van der Waals surface area contributed by atoms with Crippen LogP contribution in [0.3, 0.4) is 0 Å².